The number of nitro benzene ring substituents is 1. The number of nitro groups is 1. The van der Waals surface area contributed by atoms with Gasteiger partial charge in [-0.05, 0) is 25.0 Å². The number of nitrogens with zero attached hydrogens (tertiary/aromatic N) is 3. The fourth-order valence-electron chi connectivity index (χ4n) is 2.44. The summed E-state index contributed by atoms with van der Waals surface area (Å²) in [5.41, 5.74) is 0.182. The molecule has 1 N–H and O–H groups in total. The van der Waals surface area contributed by atoms with Gasteiger partial charge >= 0.3 is 0 Å². The Hall–Kier alpha value is -2.74. The van der Waals surface area contributed by atoms with Crippen molar-refractivity contribution < 1.29 is 9.72 Å². The van der Waals surface area contributed by atoms with E-state index in [0.29, 0.717) is 5.92 Å². The third kappa shape index (κ3) is 4.03. The minimum atomic E-state index is -0.643. The third-order valence-corrected chi connectivity index (χ3v) is 4.17. The van der Waals surface area contributed by atoms with Crippen molar-refractivity contribution in [1.29, 1.82) is 0 Å². The Morgan fingerprint density at radius 2 is 2.16 bits per heavy atom. The average Bonchev–Trinajstić information content (AvgIpc) is 3.40. The first-order valence-electron chi connectivity index (χ1n) is 7.74. The molecule has 1 fully saturated rings. The van der Waals surface area contributed by atoms with Crippen LogP contribution in [-0.2, 0) is 6.54 Å². The monoisotopic (exact) mass is 362 g/mol. The second-order valence-corrected chi connectivity index (χ2v) is 6.23. The normalized spacial score (nSPS) is 13.5. The Labute approximate surface area is 147 Å². The SMILES string of the molecule is O=C(NCCn1cnc(C2CC2)cc1=O)c1cc(Cl)ccc1[N+](=O)[O-]. The molecule has 130 valence electrons. The van der Waals surface area contributed by atoms with Crippen molar-refractivity contribution >= 4 is 23.2 Å². The van der Waals surface area contributed by atoms with Crippen LogP contribution in [0, 0.1) is 10.1 Å². The van der Waals surface area contributed by atoms with E-state index in [1.165, 1.54) is 35.2 Å². The molecule has 0 unspecified atom stereocenters. The van der Waals surface area contributed by atoms with Crippen LogP contribution in [0.2, 0.25) is 5.02 Å². The predicted octanol–water partition coefficient (Wildman–Crippen LogP) is 2.11. The predicted molar refractivity (Wildman–Crippen MR) is 90.9 cm³/mol. The van der Waals surface area contributed by atoms with Crippen LogP contribution in [0.4, 0.5) is 5.69 Å². The van der Waals surface area contributed by atoms with E-state index in [-0.39, 0.29) is 34.9 Å². The minimum Gasteiger partial charge on any atom is -0.350 e. The van der Waals surface area contributed by atoms with Crippen LogP contribution >= 0.6 is 11.6 Å². The summed E-state index contributed by atoms with van der Waals surface area (Å²) in [6.45, 7) is 0.351. The minimum absolute atomic E-state index is 0.118. The van der Waals surface area contributed by atoms with E-state index in [1.807, 2.05) is 0 Å². The van der Waals surface area contributed by atoms with Gasteiger partial charge in [0.1, 0.15) is 5.56 Å². The maximum absolute atomic E-state index is 12.2. The number of halogens is 1. The second-order valence-electron chi connectivity index (χ2n) is 5.79. The highest BCUT2D eigenvalue weighted by atomic mass is 35.5. The van der Waals surface area contributed by atoms with Gasteiger partial charge < -0.3 is 5.32 Å². The van der Waals surface area contributed by atoms with Crippen LogP contribution in [0.1, 0.15) is 34.8 Å². The zero-order valence-corrected chi connectivity index (χ0v) is 13.9. The summed E-state index contributed by atoms with van der Waals surface area (Å²) < 4.78 is 1.39. The van der Waals surface area contributed by atoms with Gasteiger partial charge in [0.25, 0.3) is 17.2 Å². The smallest absolute Gasteiger partial charge is 0.282 e. The Balaban J connectivity index is 1.64. The van der Waals surface area contributed by atoms with Crippen molar-refractivity contribution in [2.75, 3.05) is 6.54 Å². The first kappa shape index (κ1) is 17.1. The van der Waals surface area contributed by atoms with Crippen LogP contribution in [0.5, 0.6) is 0 Å². The van der Waals surface area contributed by atoms with Gasteiger partial charge in [0.05, 0.1) is 16.9 Å². The van der Waals surface area contributed by atoms with Gasteiger partial charge in [-0.1, -0.05) is 11.6 Å². The number of carbonyl (C=O) groups excluding carboxylic acids is 1. The van der Waals surface area contributed by atoms with Crippen LogP contribution in [0.3, 0.4) is 0 Å². The van der Waals surface area contributed by atoms with Gasteiger partial charge in [-0.15, -0.1) is 0 Å². The molecule has 3 rings (SSSR count). The van der Waals surface area contributed by atoms with Gasteiger partial charge in [0, 0.05) is 36.2 Å². The number of aromatic nitrogens is 2. The van der Waals surface area contributed by atoms with E-state index < -0.39 is 10.8 Å². The van der Waals surface area contributed by atoms with Crippen molar-refractivity contribution in [2.24, 2.45) is 0 Å². The molecular formula is C16H15ClN4O4. The molecule has 0 radical (unpaired) electrons. The fourth-order valence-corrected chi connectivity index (χ4v) is 2.62. The van der Waals surface area contributed by atoms with Gasteiger partial charge in [-0.3, -0.25) is 24.3 Å². The fraction of sp³-hybridized carbons (Fsp3) is 0.312. The molecule has 1 aromatic heterocycles. The molecule has 1 aromatic carbocycles. The standard InChI is InChI=1S/C16H15ClN4O4/c17-11-3-4-14(21(24)25)12(7-11)16(23)18-5-6-20-9-19-13(8-15(20)22)10-1-2-10/h3-4,7-10H,1-2,5-6H2,(H,18,23). The molecular weight excluding hydrogens is 348 g/mol. The summed E-state index contributed by atoms with van der Waals surface area (Å²) in [7, 11) is 0. The quantitative estimate of drug-likeness (QED) is 0.625. The van der Waals surface area contributed by atoms with Crippen LogP contribution < -0.4 is 10.9 Å². The van der Waals surface area contributed by atoms with E-state index in [4.69, 9.17) is 11.6 Å². The van der Waals surface area contributed by atoms with Crippen molar-refractivity contribution in [3.05, 3.63) is 67.3 Å². The summed E-state index contributed by atoms with van der Waals surface area (Å²) in [5, 5.41) is 13.8. The van der Waals surface area contributed by atoms with Crippen LogP contribution in [0.15, 0.2) is 35.4 Å². The highest BCUT2D eigenvalue weighted by molar-refractivity contribution is 6.31. The number of amides is 1. The number of benzene rings is 1. The summed E-state index contributed by atoms with van der Waals surface area (Å²) >= 11 is 5.81. The first-order chi connectivity index (χ1) is 12.0. The van der Waals surface area contributed by atoms with E-state index in [0.717, 1.165) is 18.5 Å². The molecule has 1 saturated carbocycles. The molecule has 9 heteroatoms. The molecule has 1 aliphatic carbocycles. The van der Waals surface area contributed by atoms with Crippen LogP contribution in [0.25, 0.3) is 0 Å². The number of carbonyl (C=O) groups is 1. The lowest BCUT2D eigenvalue weighted by Gasteiger charge is -2.08. The van der Waals surface area contributed by atoms with E-state index >= 15 is 0 Å². The summed E-state index contributed by atoms with van der Waals surface area (Å²) in [5.74, 6) is -0.227. The topological polar surface area (TPSA) is 107 Å². The van der Waals surface area contributed by atoms with Gasteiger partial charge in [0.2, 0.25) is 0 Å². The van der Waals surface area contributed by atoms with Gasteiger partial charge in [0.15, 0.2) is 0 Å². The third-order valence-electron chi connectivity index (χ3n) is 3.93. The Bertz CT molecular complexity index is 892. The van der Waals surface area contributed by atoms with Gasteiger partial charge in [-0.25, -0.2) is 4.98 Å². The Kier molecular flexibility index (Phi) is 4.80. The van der Waals surface area contributed by atoms with Crippen LogP contribution in [-0.4, -0.2) is 26.9 Å². The molecule has 25 heavy (non-hydrogen) atoms. The highest BCUT2D eigenvalue weighted by Crippen LogP contribution is 2.38. The summed E-state index contributed by atoms with van der Waals surface area (Å²) in [6.07, 6.45) is 3.58. The van der Waals surface area contributed by atoms with Crippen molar-refractivity contribution in [3.8, 4) is 0 Å². The van der Waals surface area contributed by atoms with E-state index in [1.54, 1.807) is 0 Å². The molecule has 0 bridgehead atoms. The van der Waals surface area contributed by atoms with Crippen molar-refractivity contribution in [2.45, 2.75) is 25.3 Å². The Morgan fingerprint density at radius 3 is 2.80 bits per heavy atom. The molecule has 0 aliphatic heterocycles. The van der Waals surface area contributed by atoms with E-state index in [9.17, 15) is 19.7 Å². The molecule has 0 atom stereocenters. The first-order valence-corrected chi connectivity index (χ1v) is 8.12. The molecule has 1 aliphatic rings. The lowest BCUT2D eigenvalue weighted by atomic mass is 10.1. The van der Waals surface area contributed by atoms with Crippen molar-refractivity contribution in [3.63, 3.8) is 0 Å². The zero-order chi connectivity index (χ0) is 18.0. The summed E-state index contributed by atoms with van der Waals surface area (Å²) in [4.78, 5) is 38.8. The number of hydrogen-bond donors (Lipinski definition) is 1. The highest BCUT2D eigenvalue weighted by Gasteiger charge is 2.25. The second kappa shape index (κ2) is 7.02. The number of hydrogen-bond acceptors (Lipinski definition) is 5. The molecule has 1 heterocycles. The van der Waals surface area contributed by atoms with Crippen molar-refractivity contribution in [1.82, 2.24) is 14.9 Å². The number of nitrogens with one attached hydrogen (secondary N) is 1. The van der Waals surface area contributed by atoms with Gasteiger partial charge in [-0.2, -0.15) is 0 Å². The Morgan fingerprint density at radius 1 is 1.40 bits per heavy atom. The average molecular weight is 363 g/mol. The van der Waals surface area contributed by atoms with E-state index in [2.05, 4.69) is 10.3 Å². The lowest BCUT2D eigenvalue weighted by molar-refractivity contribution is -0.385. The maximum atomic E-state index is 12.2. The molecule has 2 aromatic rings. The number of rotatable bonds is 6. The molecule has 0 spiro atoms. The molecule has 0 saturated heterocycles. The molecule has 8 nitrogen and oxygen atoms in total. The maximum Gasteiger partial charge on any atom is 0.282 e. The zero-order valence-electron chi connectivity index (χ0n) is 13.1. The summed E-state index contributed by atoms with van der Waals surface area (Å²) in [6, 6.07) is 5.29. The lowest BCUT2D eigenvalue weighted by Crippen LogP contribution is -2.31. The molecule has 1 amide bonds. The largest absolute Gasteiger partial charge is 0.350 e.